The van der Waals surface area contributed by atoms with Crippen molar-refractivity contribution in [2.45, 2.75) is 83.1 Å². The lowest BCUT2D eigenvalue weighted by Gasteiger charge is -2.17. The number of ether oxygens (including phenoxy) is 1. The third-order valence-electron chi connectivity index (χ3n) is 6.86. The van der Waals surface area contributed by atoms with Crippen LogP contribution in [0.4, 0.5) is 4.79 Å². The summed E-state index contributed by atoms with van der Waals surface area (Å²) in [5.41, 5.74) is 4.59. The van der Waals surface area contributed by atoms with Gasteiger partial charge in [0.2, 0.25) is 0 Å². The zero-order valence-corrected chi connectivity index (χ0v) is 22.4. The lowest BCUT2D eigenvalue weighted by Crippen LogP contribution is -2.43. The average molecular weight is 512 g/mol. The smallest absolute Gasteiger partial charge is 0.407 e. The van der Waals surface area contributed by atoms with E-state index in [9.17, 15) is 14.7 Å². The van der Waals surface area contributed by atoms with Crippen molar-refractivity contribution in [3.05, 3.63) is 59.7 Å². The number of carbonyl (C=O) groups is 2. The van der Waals surface area contributed by atoms with E-state index in [0.29, 0.717) is 5.75 Å². The van der Waals surface area contributed by atoms with Crippen molar-refractivity contribution in [1.29, 1.82) is 0 Å². The van der Waals surface area contributed by atoms with Crippen LogP contribution in [-0.4, -0.2) is 41.3 Å². The first kappa shape index (κ1) is 28.1. The predicted octanol–water partition coefficient (Wildman–Crippen LogP) is 7.63. The SMILES string of the molecule is CCCCCCCCCCCCSCC(NC(=O)OCC1c2ccccc2-c2ccccc21)C(=O)O. The minimum Gasteiger partial charge on any atom is -0.480 e. The molecule has 1 aliphatic carbocycles. The van der Waals surface area contributed by atoms with Crippen LogP contribution >= 0.6 is 11.8 Å². The number of aliphatic carboxylic acids is 1. The highest BCUT2D eigenvalue weighted by Crippen LogP contribution is 2.44. The highest BCUT2D eigenvalue weighted by molar-refractivity contribution is 7.99. The summed E-state index contributed by atoms with van der Waals surface area (Å²) in [6, 6.07) is 15.3. The first-order chi connectivity index (χ1) is 17.6. The van der Waals surface area contributed by atoms with Gasteiger partial charge in [-0.1, -0.05) is 113 Å². The molecule has 1 amide bonds. The molecular formula is C30H41NO4S. The van der Waals surface area contributed by atoms with Gasteiger partial charge in [-0.3, -0.25) is 0 Å². The van der Waals surface area contributed by atoms with E-state index in [1.54, 1.807) is 11.8 Å². The van der Waals surface area contributed by atoms with Gasteiger partial charge in [0.05, 0.1) is 0 Å². The van der Waals surface area contributed by atoms with Crippen LogP contribution in [0.15, 0.2) is 48.5 Å². The zero-order valence-electron chi connectivity index (χ0n) is 21.5. The highest BCUT2D eigenvalue weighted by Gasteiger charge is 2.29. The molecule has 2 aromatic rings. The van der Waals surface area contributed by atoms with Crippen LogP contribution in [-0.2, 0) is 9.53 Å². The number of hydrogen-bond acceptors (Lipinski definition) is 4. The number of alkyl carbamates (subject to hydrolysis) is 1. The van der Waals surface area contributed by atoms with Crippen molar-refractivity contribution >= 4 is 23.8 Å². The Bertz CT molecular complexity index is 918. The van der Waals surface area contributed by atoms with E-state index >= 15 is 0 Å². The van der Waals surface area contributed by atoms with Gasteiger partial charge < -0.3 is 15.2 Å². The minimum atomic E-state index is -1.03. The van der Waals surface area contributed by atoms with Gasteiger partial charge in [-0.05, 0) is 34.4 Å². The minimum absolute atomic E-state index is 0.0443. The molecule has 36 heavy (non-hydrogen) atoms. The van der Waals surface area contributed by atoms with Crippen LogP contribution in [0.1, 0.15) is 88.2 Å². The maximum absolute atomic E-state index is 12.5. The number of carboxylic acids is 1. The second-order valence-electron chi connectivity index (χ2n) is 9.62. The summed E-state index contributed by atoms with van der Waals surface area (Å²) in [6.07, 6.45) is 12.2. The summed E-state index contributed by atoms with van der Waals surface area (Å²) in [6.45, 7) is 2.42. The molecule has 3 rings (SSSR count). The van der Waals surface area contributed by atoms with E-state index < -0.39 is 18.1 Å². The molecule has 0 fully saturated rings. The molecule has 0 spiro atoms. The van der Waals surface area contributed by atoms with E-state index in [4.69, 9.17) is 4.74 Å². The maximum atomic E-state index is 12.5. The predicted molar refractivity (Wildman–Crippen MR) is 149 cm³/mol. The van der Waals surface area contributed by atoms with E-state index in [1.807, 2.05) is 24.3 Å². The number of fused-ring (bicyclic) bond motifs is 3. The molecule has 0 saturated heterocycles. The second-order valence-corrected chi connectivity index (χ2v) is 10.8. The quantitative estimate of drug-likeness (QED) is 0.214. The number of thioether (sulfide) groups is 1. The Hall–Kier alpha value is -2.47. The number of rotatable bonds is 17. The molecule has 0 saturated carbocycles. The molecule has 1 unspecified atom stereocenters. The number of nitrogens with one attached hydrogen (secondary N) is 1. The van der Waals surface area contributed by atoms with Gasteiger partial charge in [-0.25, -0.2) is 9.59 Å². The van der Waals surface area contributed by atoms with Crippen molar-refractivity contribution in [3.8, 4) is 11.1 Å². The average Bonchev–Trinajstić information content (AvgIpc) is 3.21. The van der Waals surface area contributed by atoms with Gasteiger partial charge in [0.25, 0.3) is 0 Å². The van der Waals surface area contributed by atoms with Crippen LogP contribution in [0.25, 0.3) is 11.1 Å². The van der Waals surface area contributed by atoms with Crippen LogP contribution in [0.5, 0.6) is 0 Å². The Balaban J connectivity index is 1.33. The van der Waals surface area contributed by atoms with Crippen molar-refractivity contribution in [3.63, 3.8) is 0 Å². The summed E-state index contributed by atoms with van der Waals surface area (Å²) < 4.78 is 5.51. The van der Waals surface area contributed by atoms with Crippen LogP contribution in [0.2, 0.25) is 0 Å². The summed E-state index contributed by atoms with van der Waals surface area (Å²) >= 11 is 1.58. The molecule has 6 heteroatoms. The van der Waals surface area contributed by atoms with Crippen molar-refractivity contribution in [1.82, 2.24) is 5.32 Å². The largest absolute Gasteiger partial charge is 0.480 e. The number of benzene rings is 2. The molecule has 0 radical (unpaired) electrons. The van der Waals surface area contributed by atoms with Gasteiger partial charge in [0.15, 0.2) is 0 Å². The topological polar surface area (TPSA) is 75.6 Å². The molecule has 1 aliphatic rings. The Labute approximate surface area is 220 Å². The van der Waals surface area contributed by atoms with Crippen molar-refractivity contribution < 1.29 is 19.4 Å². The van der Waals surface area contributed by atoms with E-state index in [0.717, 1.165) is 34.4 Å². The Morgan fingerprint density at radius 2 is 1.39 bits per heavy atom. The van der Waals surface area contributed by atoms with E-state index in [2.05, 4.69) is 36.5 Å². The summed E-state index contributed by atoms with van der Waals surface area (Å²) in [5.74, 6) is 0.181. The number of carboxylic acid groups (broad SMARTS) is 1. The molecule has 0 heterocycles. The first-order valence-electron chi connectivity index (χ1n) is 13.5. The lowest BCUT2D eigenvalue weighted by molar-refractivity contribution is -0.138. The van der Waals surface area contributed by atoms with Crippen molar-refractivity contribution in [2.24, 2.45) is 0 Å². The first-order valence-corrected chi connectivity index (χ1v) is 14.7. The fraction of sp³-hybridized carbons (Fsp3) is 0.533. The Kier molecular flexibility index (Phi) is 12.2. The molecule has 1 atom stereocenters. The summed E-state index contributed by atoms with van der Waals surface area (Å²) in [5, 5.41) is 12.1. The fourth-order valence-corrected chi connectivity index (χ4v) is 5.89. The normalized spacial score (nSPS) is 13.1. The monoisotopic (exact) mass is 511 g/mol. The van der Waals surface area contributed by atoms with Crippen LogP contribution in [0.3, 0.4) is 0 Å². The van der Waals surface area contributed by atoms with Gasteiger partial charge in [-0.2, -0.15) is 11.8 Å². The molecule has 5 nitrogen and oxygen atoms in total. The molecular weight excluding hydrogens is 470 g/mol. The molecule has 2 N–H and O–H groups in total. The van der Waals surface area contributed by atoms with Crippen LogP contribution < -0.4 is 5.32 Å². The zero-order chi connectivity index (χ0) is 25.6. The maximum Gasteiger partial charge on any atom is 0.407 e. The fourth-order valence-electron chi connectivity index (χ4n) is 4.85. The number of carbonyl (C=O) groups excluding carboxylic acids is 1. The molecule has 0 aliphatic heterocycles. The van der Waals surface area contributed by atoms with Gasteiger partial charge in [0.1, 0.15) is 12.6 Å². The molecule has 0 bridgehead atoms. The van der Waals surface area contributed by atoms with E-state index in [-0.39, 0.29) is 12.5 Å². The number of hydrogen-bond donors (Lipinski definition) is 2. The third kappa shape index (κ3) is 8.58. The third-order valence-corrected chi connectivity index (χ3v) is 8.01. The molecule has 196 valence electrons. The number of unbranched alkanes of at least 4 members (excludes halogenated alkanes) is 9. The second kappa shape index (κ2) is 15.6. The van der Waals surface area contributed by atoms with E-state index in [1.165, 1.54) is 57.8 Å². The van der Waals surface area contributed by atoms with Gasteiger partial charge in [0, 0.05) is 11.7 Å². The summed E-state index contributed by atoms with van der Waals surface area (Å²) in [7, 11) is 0. The Morgan fingerprint density at radius 3 is 1.94 bits per heavy atom. The standard InChI is InChI=1S/C30H41NO4S/c1-2-3-4-5-6-7-8-9-10-15-20-36-22-28(29(32)33)31-30(34)35-21-27-25-18-13-11-16-23(25)24-17-12-14-19-26(24)27/h11-14,16-19,27-28H,2-10,15,20-22H2,1H3,(H,31,34)(H,32,33). The van der Waals surface area contributed by atoms with Crippen LogP contribution in [0, 0.1) is 0 Å². The molecule has 0 aromatic heterocycles. The van der Waals surface area contributed by atoms with Gasteiger partial charge in [-0.15, -0.1) is 0 Å². The lowest BCUT2D eigenvalue weighted by atomic mass is 9.98. The summed E-state index contributed by atoms with van der Waals surface area (Å²) in [4.78, 5) is 24.1. The van der Waals surface area contributed by atoms with Gasteiger partial charge >= 0.3 is 12.1 Å². The number of amides is 1. The highest BCUT2D eigenvalue weighted by atomic mass is 32.2. The Morgan fingerprint density at radius 1 is 0.861 bits per heavy atom. The van der Waals surface area contributed by atoms with Crippen molar-refractivity contribution in [2.75, 3.05) is 18.1 Å². The molecule has 2 aromatic carbocycles.